The first-order valence-corrected chi connectivity index (χ1v) is 10.0. The molecule has 1 amide bonds. The maximum atomic E-state index is 13.4. The van der Waals surface area contributed by atoms with Crippen LogP contribution in [0.25, 0.3) is 11.3 Å². The van der Waals surface area contributed by atoms with Gasteiger partial charge in [-0.1, -0.05) is 6.92 Å². The highest BCUT2D eigenvalue weighted by Gasteiger charge is 2.36. The molecule has 150 valence electrons. The second-order valence-electron chi connectivity index (χ2n) is 8.20. The van der Waals surface area contributed by atoms with E-state index in [-0.39, 0.29) is 18.3 Å². The number of halogens is 1. The van der Waals surface area contributed by atoms with Gasteiger partial charge in [-0.05, 0) is 64.0 Å². The molecule has 2 N–H and O–H groups in total. The molecule has 0 unspecified atom stereocenters. The van der Waals surface area contributed by atoms with Gasteiger partial charge >= 0.3 is 0 Å². The van der Waals surface area contributed by atoms with E-state index >= 15 is 0 Å². The van der Waals surface area contributed by atoms with E-state index < -0.39 is 5.54 Å². The first kappa shape index (κ1) is 18.9. The summed E-state index contributed by atoms with van der Waals surface area (Å²) in [5.41, 5.74) is 1.04. The molecule has 1 aromatic carbocycles. The van der Waals surface area contributed by atoms with Gasteiger partial charge in [0, 0.05) is 18.2 Å². The van der Waals surface area contributed by atoms with Gasteiger partial charge in [0.15, 0.2) is 0 Å². The molecule has 4 rings (SSSR count). The highest BCUT2D eigenvalue weighted by Crippen LogP contribution is 2.35. The monoisotopic (exact) mass is 385 g/mol. The smallest absolute Gasteiger partial charge is 0.240 e. The Hall–Kier alpha value is -2.41. The summed E-state index contributed by atoms with van der Waals surface area (Å²) in [6.07, 6.45) is 2.38. The second kappa shape index (κ2) is 7.20. The standard InChI is InChI=1S/C21H28FN5O/c1-4-26-11-5-6-16(26)12-23-19-18(14-7-9-15(22)10-8-14)24-20-21(2,3)25-17(28)13-27(19)20/h7-10,16,23H,4-6,11-13H2,1-3H3,(H,25,28)/t16-/m0/s1. The summed E-state index contributed by atoms with van der Waals surface area (Å²) in [4.78, 5) is 19.7. The number of carbonyl (C=O) groups excluding carboxylic acids is 1. The topological polar surface area (TPSA) is 62.2 Å². The molecule has 0 spiro atoms. The summed E-state index contributed by atoms with van der Waals surface area (Å²) >= 11 is 0. The van der Waals surface area contributed by atoms with Crippen molar-refractivity contribution in [1.82, 2.24) is 19.8 Å². The molecule has 2 aromatic rings. The summed E-state index contributed by atoms with van der Waals surface area (Å²) in [6.45, 7) is 9.31. The fourth-order valence-electron chi connectivity index (χ4n) is 4.42. The molecule has 0 radical (unpaired) electrons. The van der Waals surface area contributed by atoms with Gasteiger partial charge in [0.1, 0.15) is 29.7 Å². The lowest BCUT2D eigenvalue weighted by Gasteiger charge is -2.32. The first-order valence-electron chi connectivity index (χ1n) is 10.0. The van der Waals surface area contributed by atoms with Crippen LogP contribution in [0, 0.1) is 5.82 Å². The Morgan fingerprint density at radius 1 is 1.32 bits per heavy atom. The Morgan fingerprint density at radius 3 is 2.79 bits per heavy atom. The van der Waals surface area contributed by atoms with Gasteiger partial charge in [-0.15, -0.1) is 0 Å². The number of amides is 1. The molecule has 0 bridgehead atoms. The number of benzene rings is 1. The molecule has 2 aliphatic rings. The first-order chi connectivity index (χ1) is 13.4. The van der Waals surface area contributed by atoms with Gasteiger partial charge in [-0.2, -0.15) is 0 Å². The largest absolute Gasteiger partial charge is 0.368 e. The van der Waals surface area contributed by atoms with Crippen LogP contribution in [-0.4, -0.2) is 46.0 Å². The third-order valence-corrected chi connectivity index (χ3v) is 5.81. The van der Waals surface area contributed by atoms with E-state index in [0.717, 1.165) is 42.5 Å². The minimum atomic E-state index is -0.563. The van der Waals surface area contributed by atoms with E-state index in [9.17, 15) is 9.18 Å². The average molecular weight is 385 g/mol. The highest BCUT2D eigenvalue weighted by atomic mass is 19.1. The molecule has 1 fully saturated rings. The quantitative estimate of drug-likeness (QED) is 0.831. The lowest BCUT2D eigenvalue weighted by molar-refractivity contribution is -0.124. The summed E-state index contributed by atoms with van der Waals surface area (Å²) in [7, 11) is 0. The number of likely N-dealkylation sites (tertiary alicyclic amines) is 1. The van der Waals surface area contributed by atoms with Crippen molar-refractivity contribution in [1.29, 1.82) is 0 Å². The van der Waals surface area contributed by atoms with Crippen molar-refractivity contribution >= 4 is 11.7 Å². The predicted octanol–water partition coefficient (Wildman–Crippen LogP) is 2.95. The highest BCUT2D eigenvalue weighted by molar-refractivity contribution is 5.81. The third-order valence-electron chi connectivity index (χ3n) is 5.81. The number of anilines is 1. The van der Waals surface area contributed by atoms with Gasteiger partial charge in [-0.3, -0.25) is 9.69 Å². The lowest BCUT2D eigenvalue weighted by Crippen LogP contribution is -2.49. The number of rotatable bonds is 5. The zero-order chi connectivity index (χ0) is 19.9. The number of hydrogen-bond donors (Lipinski definition) is 2. The summed E-state index contributed by atoms with van der Waals surface area (Å²) < 4.78 is 15.4. The summed E-state index contributed by atoms with van der Waals surface area (Å²) in [6, 6.07) is 6.85. The normalized spacial score (nSPS) is 21.4. The van der Waals surface area contributed by atoms with Gasteiger partial charge in [-0.25, -0.2) is 9.37 Å². The number of fused-ring (bicyclic) bond motifs is 1. The SMILES string of the molecule is CCN1CCC[C@H]1CNc1c(-c2ccc(F)cc2)nc2n1CC(=O)NC2(C)C. The molecule has 28 heavy (non-hydrogen) atoms. The second-order valence-corrected chi connectivity index (χ2v) is 8.20. The molecule has 1 atom stereocenters. The molecular formula is C21H28FN5O. The molecule has 0 saturated carbocycles. The predicted molar refractivity (Wildman–Crippen MR) is 108 cm³/mol. The molecule has 1 aromatic heterocycles. The fourth-order valence-corrected chi connectivity index (χ4v) is 4.42. The Labute approximate surface area is 165 Å². The molecular weight excluding hydrogens is 357 g/mol. The zero-order valence-electron chi connectivity index (χ0n) is 16.8. The van der Waals surface area contributed by atoms with E-state index in [1.165, 1.54) is 25.0 Å². The maximum Gasteiger partial charge on any atom is 0.240 e. The molecule has 3 heterocycles. The van der Waals surface area contributed by atoms with Gasteiger partial charge < -0.3 is 15.2 Å². The third kappa shape index (κ3) is 3.39. The number of aromatic nitrogens is 2. The molecule has 1 saturated heterocycles. The maximum absolute atomic E-state index is 13.4. The van der Waals surface area contributed by atoms with Crippen molar-refractivity contribution in [3.63, 3.8) is 0 Å². The number of carbonyl (C=O) groups is 1. The average Bonchev–Trinajstić information content (AvgIpc) is 3.24. The van der Waals surface area contributed by atoms with E-state index in [0.29, 0.717) is 6.04 Å². The van der Waals surface area contributed by atoms with Crippen molar-refractivity contribution in [3.05, 3.63) is 35.9 Å². The number of hydrogen-bond acceptors (Lipinski definition) is 4. The minimum Gasteiger partial charge on any atom is -0.368 e. The van der Waals surface area contributed by atoms with Crippen LogP contribution in [0.4, 0.5) is 10.2 Å². The van der Waals surface area contributed by atoms with Crippen LogP contribution in [-0.2, 0) is 16.9 Å². The lowest BCUT2D eigenvalue weighted by atomic mass is 10.0. The van der Waals surface area contributed by atoms with Crippen LogP contribution in [0.5, 0.6) is 0 Å². The van der Waals surface area contributed by atoms with E-state index in [1.54, 1.807) is 12.1 Å². The van der Waals surface area contributed by atoms with Crippen molar-refractivity contribution < 1.29 is 9.18 Å². The van der Waals surface area contributed by atoms with Crippen LogP contribution in [0.2, 0.25) is 0 Å². The summed E-state index contributed by atoms with van der Waals surface area (Å²) in [5, 5.41) is 6.59. The minimum absolute atomic E-state index is 0.0281. The van der Waals surface area contributed by atoms with E-state index in [1.807, 2.05) is 18.4 Å². The van der Waals surface area contributed by atoms with Crippen LogP contribution >= 0.6 is 0 Å². The molecule has 0 aliphatic carbocycles. The van der Waals surface area contributed by atoms with Gasteiger partial charge in [0.05, 0.1) is 5.54 Å². The van der Waals surface area contributed by atoms with Crippen molar-refractivity contribution in [3.8, 4) is 11.3 Å². The van der Waals surface area contributed by atoms with E-state index in [2.05, 4.69) is 22.5 Å². The molecule has 7 heteroatoms. The van der Waals surface area contributed by atoms with Crippen molar-refractivity contribution in [2.45, 2.75) is 51.7 Å². The van der Waals surface area contributed by atoms with E-state index in [4.69, 9.17) is 4.98 Å². The number of likely N-dealkylation sites (N-methyl/N-ethyl adjacent to an activating group) is 1. The summed E-state index contributed by atoms with van der Waals surface area (Å²) in [5.74, 6) is 1.35. The van der Waals surface area contributed by atoms with Crippen LogP contribution in [0.1, 0.15) is 39.4 Å². The van der Waals surface area contributed by atoms with Gasteiger partial charge in [0.25, 0.3) is 0 Å². The Bertz CT molecular complexity index is 874. The van der Waals surface area contributed by atoms with Crippen molar-refractivity contribution in [2.75, 3.05) is 25.0 Å². The molecule has 2 aliphatic heterocycles. The number of imidazole rings is 1. The Morgan fingerprint density at radius 2 is 2.07 bits per heavy atom. The zero-order valence-corrected chi connectivity index (χ0v) is 16.8. The number of nitrogens with one attached hydrogen (secondary N) is 2. The fraction of sp³-hybridized carbons (Fsp3) is 0.524. The van der Waals surface area contributed by atoms with Crippen LogP contribution in [0.3, 0.4) is 0 Å². The van der Waals surface area contributed by atoms with Crippen molar-refractivity contribution in [2.24, 2.45) is 0 Å². The Balaban J connectivity index is 1.73. The molecule has 6 nitrogen and oxygen atoms in total. The van der Waals surface area contributed by atoms with Gasteiger partial charge in [0.2, 0.25) is 5.91 Å². The number of nitrogens with zero attached hydrogens (tertiary/aromatic N) is 3. The van der Waals surface area contributed by atoms with Crippen LogP contribution in [0.15, 0.2) is 24.3 Å². The van der Waals surface area contributed by atoms with Crippen LogP contribution < -0.4 is 10.6 Å². The Kier molecular flexibility index (Phi) is 4.87.